The summed E-state index contributed by atoms with van der Waals surface area (Å²) in [5.74, 6) is -6.27. The van der Waals surface area contributed by atoms with Crippen molar-refractivity contribution in [1.82, 2.24) is 10.6 Å². The van der Waals surface area contributed by atoms with Gasteiger partial charge in [-0.15, -0.1) is 6.58 Å². The average molecular weight is 865 g/mol. The highest BCUT2D eigenvalue weighted by atomic mass is 16.8. The maximum absolute atomic E-state index is 14.3. The molecule has 2 aliphatic carbocycles. The van der Waals surface area contributed by atoms with E-state index >= 15 is 0 Å². The summed E-state index contributed by atoms with van der Waals surface area (Å²) in [6.45, 7) is 7.58. The summed E-state index contributed by atoms with van der Waals surface area (Å²) >= 11 is 0. The van der Waals surface area contributed by atoms with Gasteiger partial charge in [-0.25, -0.2) is 9.59 Å². The second-order valence-electron chi connectivity index (χ2n) is 16.8. The third-order valence-corrected chi connectivity index (χ3v) is 12.3. The highest BCUT2D eigenvalue weighted by Crippen LogP contribution is 2.55. The van der Waals surface area contributed by atoms with Crippen LogP contribution in [0.5, 0.6) is 0 Å². The van der Waals surface area contributed by atoms with Crippen molar-refractivity contribution < 1.29 is 73.9 Å². The number of carboxylic acids is 1. The molecule has 2 saturated carbocycles. The topological polar surface area (TPSA) is 289 Å². The number of hydrogen-bond donors (Lipinski definition) is 11. The van der Waals surface area contributed by atoms with Crippen LogP contribution in [-0.4, -0.2) is 156 Å². The predicted molar refractivity (Wildman–Crippen MR) is 219 cm³/mol. The summed E-state index contributed by atoms with van der Waals surface area (Å²) in [5, 5.41) is 78.3. The van der Waals surface area contributed by atoms with Crippen molar-refractivity contribution in [3.63, 3.8) is 0 Å². The molecule has 342 valence electrons. The Labute approximate surface area is 356 Å². The number of carboxylic acid groups (broad SMARTS) is 1. The molecule has 61 heavy (non-hydrogen) atoms. The van der Waals surface area contributed by atoms with Crippen LogP contribution >= 0.6 is 0 Å². The summed E-state index contributed by atoms with van der Waals surface area (Å²) in [6, 6.07) is 0. The number of nitrogens with two attached hydrogens (primary N) is 1. The van der Waals surface area contributed by atoms with Gasteiger partial charge in [0, 0.05) is 24.6 Å². The maximum atomic E-state index is 14.3. The van der Waals surface area contributed by atoms with Gasteiger partial charge in [-0.05, 0) is 77.3 Å². The molecule has 5 aliphatic rings. The molecule has 1 spiro atoms. The zero-order valence-electron chi connectivity index (χ0n) is 35.3. The molecule has 1 unspecified atom stereocenters. The number of aliphatic hydroxyl groups excluding tert-OH is 4. The van der Waals surface area contributed by atoms with Crippen LogP contribution in [0.2, 0.25) is 0 Å². The molecule has 11 atom stereocenters. The van der Waals surface area contributed by atoms with Crippen molar-refractivity contribution in [3.05, 3.63) is 59.7 Å². The number of aliphatic hydroxyl groups is 6. The SMILES string of the molecule is C=C[C@H]1[C@H](O[C@@H]2O[C@H](CO)[C@@H](O)C(O)(O)[C@H]2OC(C)C)OC=C(C(=O)O[C@@H]2CC[C@]3(CCC[C@@H]3CNC)C2)[C@H]1/C=C/C1=C(NC(N)=NCCCO)C(C(=O)O)=C[NH+](CCO)C1. The lowest BCUT2D eigenvalue weighted by Crippen LogP contribution is -3.09. The van der Waals surface area contributed by atoms with Gasteiger partial charge < -0.3 is 80.7 Å². The predicted octanol–water partition coefficient (Wildman–Crippen LogP) is -1.73. The monoisotopic (exact) mass is 864 g/mol. The maximum Gasteiger partial charge on any atom is 0.343 e. The van der Waals surface area contributed by atoms with Crippen molar-refractivity contribution in [2.45, 2.75) is 108 Å². The molecular weight excluding hydrogens is 798 g/mol. The number of aliphatic imine (C=N–C) groups is 1. The van der Waals surface area contributed by atoms with E-state index in [1.54, 1.807) is 26.0 Å². The number of aliphatic carboxylic acids is 1. The lowest BCUT2D eigenvalue weighted by Gasteiger charge is -2.48. The van der Waals surface area contributed by atoms with Gasteiger partial charge in [-0.3, -0.25) is 4.99 Å². The Bertz CT molecular complexity index is 1700. The minimum atomic E-state index is -2.93. The third kappa shape index (κ3) is 11.3. The van der Waals surface area contributed by atoms with Crippen LogP contribution in [0.25, 0.3) is 0 Å². The van der Waals surface area contributed by atoms with Gasteiger partial charge in [0.15, 0.2) is 18.4 Å². The van der Waals surface area contributed by atoms with E-state index in [9.17, 15) is 45.3 Å². The Hall–Kier alpha value is -3.73. The summed E-state index contributed by atoms with van der Waals surface area (Å²) < 4.78 is 30.1. The van der Waals surface area contributed by atoms with Crippen molar-refractivity contribution in [3.8, 4) is 0 Å². The number of esters is 1. The zero-order valence-corrected chi connectivity index (χ0v) is 35.3. The third-order valence-electron chi connectivity index (χ3n) is 12.3. The molecule has 0 aromatic carbocycles. The molecule has 5 rings (SSSR count). The quantitative estimate of drug-likeness (QED) is 0.0172. The molecule has 0 aromatic rings. The van der Waals surface area contributed by atoms with Gasteiger partial charge in [0.05, 0.1) is 42.8 Å². The number of nitrogens with zero attached hydrogens (tertiary/aromatic N) is 1. The first-order chi connectivity index (χ1) is 29.1. The van der Waals surface area contributed by atoms with Crippen LogP contribution in [0.15, 0.2) is 64.7 Å². The molecule has 19 nitrogen and oxygen atoms in total. The van der Waals surface area contributed by atoms with E-state index < -0.39 is 73.2 Å². The van der Waals surface area contributed by atoms with Crippen LogP contribution < -0.4 is 21.3 Å². The van der Waals surface area contributed by atoms with E-state index in [4.69, 9.17) is 29.4 Å². The fraction of sp³-hybridized carbons (Fsp3) is 0.690. The van der Waals surface area contributed by atoms with Crippen molar-refractivity contribution in [2.24, 2.45) is 33.9 Å². The number of quaternary nitrogens is 1. The van der Waals surface area contributed by atoms with E-state index in [0.717, 1.165) is 38.6 Å². The number of guanidine groups is 1. The molecule has 0 radical (unpaired) electrons. The molecule has 12 N–H and O–H groups in total. The number of carbonyl (C=O) groups is 2. The normalized spacial score (nSPS) is 34.1. The summed E-state index contributed by atoms with van der Waals surface area (Å²) in [4.78, 5) is 31.8. The second kappa shape index (κ2) is 21.6. The Morgan fingerprint density at radius 2 is 1.93 bits per heavy atom. The summed E-state index contributed by atoms with van der Waals surface area (Å²) in [7, 11) is 1.94. The van der Waals surface area contributed by atoms with E-state index in [1.165, 1.54) is 18.5 Å². The first-order valence-corrected chi connectivity index (χ1v) is 21.2. The fourth-order valence-electron chi connectivity index (χ4n) is 9.33. The average Bonchev–Trinajstić information content (AvgIpc) is 3.81. The molecule has 0 aromatic heterocycles. The minimum Gasteiger partial charge on any atom is -0.477 e. The van der Waals surface area contributed by atoms with Gasteiger partial charge in [-0.2, -0.15) is 0 Å². The Morgan fingerprint density at radius 1 is 1.16 bits per heavy atom. The molecule has 19 heteroatoms. The van der Waals surface area contributed by atoms with Crippen LogP contribution in [0.4, 0.5) is 0 Å². The van der Waals surface area contributed by atoms with Crippen LogP contribution in [0.3, 0.4) is 0 Å². The summed E-state index contributed by atoms with van der Waals surface area (Å²) in [5.41, 5.74) is 6.78. The van der Waals surface area contributed by atoms with Crippen molar-refractivity contribution in [2.75, 3.05) is 53.0 Å². The lowest BCUT2D eigenvalue weighted by atomic mass is 9.76. The molecule has 3 aliphatic heterocycles. The number of hydrogen-bond acceptors (Lipinski definition) is 15. The molecule has 0 bridgehead atoms. The number of ether oxygens (including phenoxy) is 5. The first kappa shape index (κ1) is 48.3. The van der Waals surface area contributed by atoms with Gasteiger partial charge in [0.1, 0.15) is 43.2 Å². The van der Waals surface area contributed by atoms with Gasteiger partial charge in [-0.1, -0.05) is 24.6 Å². The zero-order chi connectivity index (χ0) is 44.5. The standard InChI is InChI=1S/C42H65N5O14/c1-5-28-29(10-9-25-20-47(15-17-49)21-30(36(52)53)33(25)46-40(43)45-14-7-16-48)31(37(54)59-27-11-13-41(18-27)12-6-8-26(41)19-44-4)23-57-38(28)61-39-35(58-24(2)3)42(55,56)34(51)32(22-50)60-39/h5,9-10,21,23-24,26-29,32,34-35,38-39,44,48-51,55-56H,1,6-8,11-20,22H2,2-4H3,(H,52,53)(H3,43,45,46)/p+1/b10-9+/t26-,27-,28-,29+,32-,34-,35+,38+,39+,41-/m1/s1. The van der Waals surface area contributed by atoms with Crippen LogP contribution in [0, 0.1) is 23.2 Å². The highest BCUT2D eigenvalue weighted by molar-refractivity contribution is 5.94. The Morgan fingerprint density at radius 3 is 2.59 bits per heavy atom. The smallest absolute Gasteiger partial charge is 0.343 e. The van der Waals surface area contributed by atoms with Crippen molar-refractivity contribution in [1.29, 1.82) is 0 Å². The molecule has 3 heterocycles. The minimum absolute atomic E-state index is 0.0781. The first-order valence-electron chi connectivity index (χ1n) is 21.2. The molecule has 1 saturated heterocycles. The number of allylic oxidation sites excluding steroid dienone is 1. The highest BCUT2D eigenvalue weighted by Gasteiger charge is 2.58. The van der Waals surface area contributed by atoms with Gasteiger partial charge in [0.25, 0.3) is 0 Å². The number of carbonyl (C=O) groups excluding carboxylic acids is 1. The molecular formula is C42H66N5O14+. The number of nitrogens with one attached hydrogen (secondary N) is 3. The van der Waals surface area contributed by atoms with E-state index in [-0.39, 0.29) is 67.2 Å². The second-order valence-corrected chi connectivity index (χ2v) is 16.8. The van der Waals surface area contributed by atoms with E-state index in [2.05, 4.69) is 22.2 Å². The van der Waals surface area contributed by atoms with Gasteiger partial charge in [0.2, 0.25) is 12.1 Å². The van der Waals surface area contributed by atoms with Crippen LogP contribution in [-0.2, 0) is 33.3 Å². The van der Waals surface area contributed by atoms with Crippen LogP contribution in [0.1, 0.15) is 58.8 Å². The van der Waals surface area contributed by atoms with E-state index in [0.29, 0.717) is 29.2 Å². The molecule has 3 fully saturated rings. The Kier molecular flexibility index (Phi) is 17.1. The lowest BCUT2D eigenvalue weighted by molar-refractivity contribution is -0.843. The number of rotatable bonds is 19. The summed E-state index contributed by atoms with van der Waals surface area (Å²) in [6.07, 6.45) is 4.43. The van der Waals surface area contributed by atoms with Crippen molar-refractivity contribution >= 4 is 17.9 Å². The van der Waals surface area contributed by atoms with E-state index in [1.807, 2.05) is 7.05 Å². The largest absolute Gasteiger partial charge is 0.477 e. The molecule has 0 amide bonds. The Balaban J connectivity index is 1.53. The van der Waals surface area contributed by atoms with Gasteiger partial charge >= 0.3 is 11.9 Å². The fourth-order valence-corrected chi connectivity index (χ4v) is 9.33.